The maximum atomic E-state index is 13.1. The number of carbonyl (C=O) groups is 1. The predicted octanol–water partition coefficient (Wildman–Crippen LogP) is 3.48. The van der Waals surface area contributed by atoms with E-state index in [0.717, 1.165) is 48.6 Å². The van der Waals surface area contributed by atoms with Crippen LogP contribution in [0.25, 0.3) is 0 Å². The second kappa shape index (κ2) is 9.09. The van der Waals surface area contributed by atoms with Crippen molar-refractivity contribution in [3.05, 3.63) is 82.9 Å². The first-order valence-electron chi connectivity index (χ1n) is 10.0. The van der Waals surface area contributed by atoms with Gasteiger partial charge in [0.15, 0.2) is 0 Å². The lowest BCUT2D eigenvalue weighted by atomic mass is 10.0. The van der Waals surface area contributed by atoms with Crippen LogP contribution in [0.15, 0.2) is 54.6 Å². The normalized spacial score (nSPS) is 16.5. The van der Waals surface area contributed by atoms with Gasteiger partial charge in [0.2, 0.25) is 0 Å². The first-order chi connectivity index (χ1) is 14.6. The van der Waals surface area contributed by atoms with E-state index < -0.39 is 0 Å². The molecule has 0 bridgehead atoms. The molecule has 1 aliphatic heterocycles. The van der Waals surface area contributed by atoms with E-state index in [2.05, 4.69) is 20.4 Å². The zero-order valence-electron chi connectivity index (χ0n) is 16.9. The topological polar surface area (TPSA) is 70.2 Å². The number of amides is 1. The summed E-state index contributed by atoms with van der Waals surface area (Å²) >= 11 is 0. The fraction of sp³-hybridized carbons (Fsp3) is 0.304. The molecule has 0 saturated carbocycles. The maximum Gasteiger partial charge on any atom is 0.272 e. The van der Waals surface area contributed by atoms with E-state index in [4.69, 9.17) is 4.74 Å². The molecular weight excluding hydrogens is 383 g/mol. The largest absolute Gasteiger partial charge is 0.496 e. The number of hydrogen-bond acceptors (Lipinski definition) is 4. The highest BCUT2D eigenvalue weighted by Gasteiger charge is 2.26. The Hall–Kier alpha value is -3.19. The van der Waals surface area contributed by atoms with Gasteiger partial charge in [0, 0.05) is 36.8 Å². The van der Waals surface area contributed by atoms with E-state index in [-0.39, 0.29) is 11.7 Å². The molecule has 0 aliphatic carbocycles. The number of methoxy groups -OCH3 is 1. The third-order valence-corrected chi connectivity index (χ3v) is 5.49. The van der Waals surface area contributed by atoms with Crippen LogP contribution in [-0.4, -0.2) is 41.2 Å². The smallest absolute Gasteiger partial charge is 0.272 e. The number of H-pyrrole nitrogens is 1. The molecule has 6 nitrogen and oxygen atoms in total. The molecule has 156 valence electrons. The first kappa shape index (κ1) is 20.1. The highest BCUT2D eigenvalue weighted by Crippen LogP contribution is 2.27. The standard InChI is InChI=1S/C23H25FN4O2/c1-30-22-5-3-2-4-17(22)13-25-23(29)21-12-20(26-27-21)18-10-11-28(15-18)14-16-6-8-19(24)9-7-16/h2-9,12,18H,10-11,13-15H2,1H3,(H,25,29)(H,26,27)/t18-/m0/s1. The van der Waals surface area contributed by atoms with Crippen molar-refractivity contribution in [1.29, 1.82) is 0 Å². The number of rotatable bonds is 7. The summed E-state index contributed by atoms with van der Waals surface area (Å²) in [7, 11) is 1.61. The van der Waals surface area contributed by atoms with Gasteiger partial charge in [-0.25, -0.2) is 4.39 Å². The van der Waals surface area contributed by atoms with Gasteiger partial charge in [-0.15, -0.1) is 0 Å². The van der Waals surface area contributed by atoms with Gasteiger partial charge in [-0.1, -0.05) is 30.3 Å². The fourth-order valence-electron chi connectivity index (χ4n) is 3.86. The molecule has 3 aromatic rings. The van der Waals surface area contributed by atoms with Crippen molar-refractivity contribution in [3.63, 3.8) is 0 Å². The molecule has 7 heteroatoms. The number of halogens is 1. The van der Waals surface area contributed by atoms with Crippen molar-refractivity contribution in [1.82, 2.24) is 20.4 Å². The molecule has 30 heavy (non-hydrogen) atoms. The van der Waals surface area contributed by atoms with Gasteiger partial charge in [0.1, 0.15) is 17.3 Å². The van der Waals surface area contributed by atoms with E-state index in [0.29, 0.717) is 18.2 Å². The van der Waals surface area contributed by atoms with Crippen LogP contribution in [-0.2, 0) is 13.1 Å². The van der Waals surface area contributed by atoms with Gasteiger partial charge < -0.3 is 10.1 Å². The average molecular weight is 408 g/mol. The van der Waals surface area contributed by atoms with E-state index in [1.807, 2.05) is 42.5 Å². The highest BCUT2D eigenvalue weighted by molar-refractivity contribution is 5.92. The van der Waals surface area contributed by atoms with Crippen molar-refractivity contribution >= 4 is 5.91 Å². The minimum absolute atomic E-state index is 0.216. The fourth-order valence-corrected chi connectivity index (χ4v) is 3.86. The summed E-state index contributed by atoms with van der Waals surface area (Å²) in [5, 5.41) is 10.1. The summed E-state index contributed by atoms with van der Waals surface area (Å²) in [6, 6.07) is 16.1. The molecule has 0 unspecified atom stereocenters. The Balaban J connectivity index is 1.32. The van der Waals surface area contributed by atoms with Crippen LogP contribution in [0, 0.1) is 5.82 Å². The number of nitrogens with zero attached hydrogens (tertiary/aromatic N) is 2. The summed E-state index contributed by atoms with van der Waals surface area (Å²) in [6.07, 6.45) is 0.992. The number of para-hydroxylation sites is 1. The third-order valence-electron chi connectivity index (χ3n) is 5.49. The molecule has 1 aromatic heterocycles. The quantitative estimate of drug-likeness (QED) is 0.628. The Morgan fingerprint density at radius 3 is 2.87 bits per heavy atom. The summed E-state index contributed by atoms with van der Waals surface area (Å²) in [4.78, 5) is 14.8. The Morgan fingerprint density at radius 1 is 1.27 bits per heavy atom. The van der Waals surface area contributed by atoms with E-state index in [1.165, 1.54) is 12.1 Å². The summed E-state index contributed by atoms with van der Waals surface area (Å²) in [5.74, 6) is 0.609. The van der Waals surface area contributed by atoms with Crippen molar-refractivity contribution < 1.29 is 13.9 Å². The lowest BCUT2D eigenvalue weighted by Crippen LogP contribution is -2.23. The Labute approximate surface area is 175 Å². The van der Waals surface area contributed by atoms with Gasteiger partial charge in [0.25, 0.3) is 5.91 Å². The molecule has 1 saturated heterocycles. The van der Waals surface area contributed by atoms with Crippen LogP contribution in [0.5, 0.6) is 5.75 Å². The van der Waals surface area contributed by atoms with Crippen molar-refractivity contribution in [3.8, 4) is 5.75 Å². The molecule has 1 amide bonds. The molecule has 2 aromatic carbocycles. The molecule has 1 fully saturated rings. The molecule has 1 atom stereocenters. The number of aromatic amines is 1. The van der Waals surface area contributed by atoms with Gasteiger partial charge in [-0.05, 0) is 42.8 Å². The minimum atomic E-state index is -0.218. The van der Waals surface area contributed by atoms with Crippen LogP contribution in [0.3, 0.4) is 0 Å². The van der Waals surface area contributed by atoms with Gasteiger partial charge in [-0.2, -0.15) is 5.10 Å². The van der Waals surface area contributed by atoms with Crippen LogP contribution in [0.1, 0.15) is 39.6 Å². The molecule has 0 radical (unpaired) electrons. The number of carbonyl (C=O) groups excluding carboxylic acids is 1. The zero-order chi connectivity index (χ0) is 20.9. The lowest BCUT2D eigenvalue weighted by Gasteiger charge is -2.15. The molecule has 2 N–H and O–H groups in total. The monoisotopic (exact) mass is 408 g/mol. The van der Waals surface area contributed by atoms with Crippen LogP contribution < -0.4 is 10.1 Å². The number of nitrogens with one attached hydrogen (secondary N) is 2. The third kappa shape index (κ3) is 4.68. The predicted molar refractivity (Wildman–Crippen MR) is 112 cm³/mol. The second-order valence-electron chi connectivity index (χ2n) is 7.55. The van der Waals surface area contributed by atoms with Crippen molar-refractivity contribution in [2.75, 3.05) is 20.2 Å². The van der Waals surface area contributed by atoms with E-state index in [1.54, 1.807) is 7.11 Å². The second-order valence-corrected chi connectivity index (χ2v) is 7.55. The zero-order valence-corrected chi connectivity index (χ0v) is 16.9. The van der Waals surface area contributed by atoms with Crippen molar-refractivity contribution in [2.24, 2.45) is 0 Å². The van der Waals surface area contributed by atoms with E-state index >= 15 is 0 Å². The van der Waals surface area contributed by atoms with Crippen LogP contribution in [0.4, 0.5) is 4.39 Å². The SMILES string of the molecule is COc1ccccc1CNC(=O)c1cc([C@H]2CCN(Cc3ccc(F)cc3)C2)[nH]n1. The Kier molecular flexibility index (Phi) is 6.09. The van der Waals surface area contributed by atoms with Crippen molar-refractivity contribution in [2.45, 2.75) is 25.4 Å². The van der Waals surface area contributed by atoms with Crippen LogP contribution in [0.2, 0.25) is 0 Å². The highest BCUT2D eigenvalue weighted by atomic mass is 19.1. The Morgan fingerprint density at radius 2 is 2.07 bits per heavy atom. The number of benzene rings is 2. The maximum absolute atomic E-state index is 13.1. The van der Waals surface area contributed by atoms with Gasteiger partial charge >= 0.3 is 0 Å². The van der Waals surface area contributed by atoms with Crippen LogP contribution >= 0.6 is 0 Å². The number of ether oxygens (including phenoxy) is 1. The van der Waals surface area contributed by atoms with Gasteiger partial charge in [0.05, 0.1) is 7.11 Å². The van der Waals surface area contributed by atoms with E-state index in [9.17, 15) is 9.18 Å². The summed E-state index contributed by atoms with van der Waals surface area (Å²) < 4.78 is 18.4. The molecular formula is C23H25FN4O2. The molecule has 2 heterocycles. The summed E-state index contributed by atoms with van der Waals surface area (Å²) in [5.41, 5.74) is 3.37. The molecule has 0 spiro atoms. The van der Waals surface area contributed by atoms with Gasteiger partial charge in [-0.3, -0.25) is 14.8 Å². The molecule has 4 rings (SSSR count). The summed E-state index contributed by atoms with van der Waals surface area (Å²) in [6.45, 7) is 3.00. The minimum Gasteiger partial charge on any atom is -0.496 e. The Bertz CT molecular complexity index is 1000. The number of aromatic nitrogens is 2. The average Bonchev–Trinajstić information content (AvgIpc) is 3.43. The number of hydrogen-bond donors (Lipinski definition) is 2. The number of likely N-dealkylation sites (tertiary alicyclic amines) is 1. The lowest BCUT2D eigenvalue weighted by molar-refractivity contribution is 0.0945. The molecule has 1 aliphatic rings. The first-order valence-corrected chi connectivity index (χ1v) is 10.0.